The van der Waals surface area contributed by atoms with Gasteiger partial charge in [-0.15, -0.1) is 0 Å². The molecule has 0 radical (unpaired) electrons. The van der Waals surface area contributed by atoms with Gasteiger partial charge in [0.25, 0.3) is 11.8 Å². The number of unbranched alkanes of at least 4 members (excludes halogenated alkanes) is 1. The summed E-state index contributed by atoms with van der Waals surface area (Å²) in [5, 5.41) is 5.84. The van der Waals surface area contributed by atoms with E-state index in [1.165, 1.54) is 0 Å². The molecule has 7 nitrogen and oxygen atoms in total. The molecular formula is C18H28N4O3S. The molecule has 0 atom stereocenters. The van der Waals surface area contributed by atoms with Crippen LogP contribution in [0.1, 0.15) is 50.9 Å². The van der Waals surface area contributed by atoms with Gasteiger partial charge < -0.3 is 15.4 Å². The number of nitrogens with one attached hydrogen (secondary N) is 4. The number of amides is 2. The Morgan fingerprint density at radius 1 is 1.12 bits per heavy atom. The quantitative estimate of drug-likeness (QED) is 0.328. The van der Waals surface area contributed by atoms with E-state index in [1.807, 2.05) is 20.8 Å². The first-order chi connectivity index (χ1) is 12.2. The largest absolute Gasteiger partial charge is 0.494 e. The van der Waals surface area contributed by atoms with E-state index in [0.29, 0.717) is 17.3 Å². The Morgan fingerprint density at radius 2 is 1.77 bits per heavy atom. The number of thiocarbonyl (C=S) groups is 1. The molecule has 0 aromatic heterocycles. The van der Waals surface area contributed by atoms with Crippen molar-refractivity contribution in [2.75, 3.05) is 13.2 Å². The van der Waals surface area contributed by atoms with Gasteiger partial charge in [-0.1, -0.05) is 13.3 Å². The smallest absolute Gasteiger partial charge is 0.257 e. The first kappa shape index (κ1) is 21.7. The van der Waals surface area contributed by atoms with Gasteiger partial charge in [0.15, 0.2) is 5.11 Å². The molecule has 2 amide bonds. The van der Waals surface area contributed by atoms with Crippen molar-refractivity contribution in [2.24, 2.45) is 0 Å². The Hall–Kier alpha value is -2.35. The van der Waals surface area contributed by atoms with E-state index in [9.17, 15) is 9.59 Å². The van der Waals surface area contributed by atoms with Gasteiger partial charge in [-0.25, -0.2) is 0 Å². The Balaban J connectivity index is 2.34. The molecule has 0 heterocycles. The molecule has 0 unspecified atom stereocenters. The van der Waals surface area contributed by atoms with Crippen LogP contribution >= 0.6 is 12.2 Å². The summed E-state index contributed by atoms with van der Waals surface area (Å²) in [5.74, 6) is -0.0246. The van der Waals surface area contributed by atoms with Crippen LogP contribution in [0.3, 0.4) is 0 Å². The summed E-state index contributed by atoms with van der Waals surface area (Å²) >= 11 is 5.05. The Bertz CT molecular complexity index is 612. The third-order valence-corrected chi connectivity index (χ3v) is 3.30. The van der Waals surface area contributed by atoms with Crippen molar-refractivity contribution >= 4 is 29.1 Å². The molecule has 0 bridgehead atoms. The number of benzene rings is 1. The zero-order valence-corrected chi connectivity index (χ0v) is 16.6. The van der Waals surface area contributed by atoms with E-state index >= 15 is 0 Å². The van der Waals surface area contributed by atoms with Crippen molar-refractivity contribution in [2.45, 2.75) is 46.1 Å². The first-order valence-electron chi connectivity index (χ1n) is 8.59. The van der Waals surface area contributed by atoms with Crippen LogP contribution in [0.15, 0.2) is 24.3 Å². The average Bonchev–Trinajstić information content (AvgIpc) is 2.57. The van der Waals surface area contributed by atoms with Crippen molar-refractivity contribution < 1.29 is 14.3 Å². The maximum absolute atomic E-state index is 12.1. The van der Waals surface area contributed by atoms with Crippen molar-refractivity contribution in [1.82, 2.24) is 21.5 Å². The van der Waals surface area contributed by atoms with Crippen LogP contribution in [-0.4, -0.2) is 35.6 Å². The molecule has 26 heavy (non-hydrogen) atoms. The molecule has 1 aromatic rings. The van der Waals surface area contributed by atoms with Gasteiger partial charge in [-0.3, -0.25) is 20.4 Å². The topological polar surface area (TPSA) is 91.5 Å². The molecule has 0 spiro atoms. The predicted molar refractivity (Wildman–Crippen MR) is 106 cm³/mol. The van der Waals surface area contributed by atoms with E-state index in [-0.39, 0.29) is 18.0 Å². The SMILES string of the molecule is CCCCOc1ccc(C(=O)NCC(=O)NNC(=S)NC(C)(C)C)cc1. The summed E-state index contributed by atoms with van der Waals surface area (Å²) < 4.78 is 5.55. The monoisotopic (exact) mass is 380 g/mol. The van der Waals surface area contributed by atoms with E-state index in [0.717, 1.165) is 18.6 Å². The van der Waals surface area contributed by atoms with Gasteiger partial charge in [-0.2, -0.15) is 0 Å². The highest BCUT2D eigenvalue weighted by atomic mass is 32.1. The minimum Gasteiger partial charge on any atom is -0.494 e. The van der Waals surface area contributed by atoms with Gasteiger partial charge >= 0.3 is 0 Å². The van der Waals surface area contributed by atoms with Crippen molar-refractivity contribution in [3.05, 3.63) is 29.8 Å². The number of ether oxygens (including phenoxy) is 1. The maximum Gasteiger partial charge on any atom is 0.257 e. The van der Waals surface area contributed by atoms with Crippen LogP contribution in [0.5, 0.6) is 5.75 Å². The van der Waals surface area contributed by atoms with E-state index in [2.05, 4.69) is 28.4 Å². The summed E-state index contributed by atoms with van der Waals surface area (Å²) in [5.41, 5.74) is 5.25. The number of carbonyl (C=O) groups is 2. The lowest BCUT2D eigenvalue weighted by atomic mass is 10.1. The highest BCUT2D eigenvalue weighted by Gasteiger charge is 2.12. The normalized spacial score (nSPS) is 10.6. The Morgan fingerprint density at radius 3 is 2.35 bits per heavy atom. The predicted octanol–water partition coefficient (Wildman–Crippen LogP) is 1.89. The molecule has 0 fully saturated rings. The lowest BCUT2D eigenvalue weighted by Gasteiger charge is -2.23. The number of carbonyl (C=O) groups excluding carboxylic acids is 2. The second-order valence-corrected chi connectivity index (χ2v) is 7.19. The van der Waals surface area contributed by atoms with Crippen molar-refractivity contribution in [3.8, 4) is 5.75 Å². The molecule has 0 aliphatic carbocycles. The van der Waals surface area contributed by atoms with Crippen LogP contribution in [0, 0.1) is 0 Å². The van der Waals surface area contributed by atoms with E-state index in [4.69, 9.17) is 17.0 Å². The summed E-state index contributed by atoms with van der Waals surface area (Å²) in [6.45, 7) is 8.42. The molecule has 0 saturated heterocycles. The molecular weight excluding hydrogens is 352 g/mol. The minimum atomic E-state index is -0.407. The molecule has 0 saturated carbocycles. The van der Waals surface area contributed by atoms with E-state index < -0.39 is 5.91 Å². The second-order valence-electron chi connectivity index (χ2n) is 6.79. The number of hydrogen-bond donors (Lipinski definition) is 4. The third-order valence-electron chi connectivity index (χ3n) is 3.10. The van der Waals surface area contributed by atoms with Crippen LogP contribution in [-0.2, 0) is 4.79 Å². The second kappa shape index (κ2) is 10.6. The highest BCUT2D eigenvalue weighted by molar-refractivity contribution is 7.80. The van der Waals surface area contributed by atoms with Crippen LogP contribution in [0.25, 0.3) is 0 Å². The van der Waals surface area contributed by atoms with Gasteiger partial charge in [-0.05, 0) is 63.7 Å². The minimum absolute atomic E-state index is 0.168. The molecule has 144 valence electrons. The van der Waals surface area contributed by atoms with Crippen LogP contribution in [0.4, 0.5) is 0 Å². The molecule has 1 rings (SSSR count). The van der Waals surface area contributed by atoms with Crippen molar-refractivity contribution in [1.29, 1.82) is 0 Å². The number of rotatable bonds is 7. The lowest BCUT2D eigenvalue weighted by molar-refractivity contribution is -0.120. The third kappa shape index (κ3) is 9.22. The molecule has 8 heteroatoms. The molecule has 4 N–H and O–H groups in total. The highest BCUT2D eigenvalue weighted by Crippen LogP contribution is 2.12. The Labute approximate surface area is 160 Å². The zero-order valence-electron chi connectivity index (χ0n) is 15.8. The molecule has 0 aliphatic rings. The Kier molecular flexibility index (Phi) is 8.84. The van der Waals surface area contributed by atoms with Crippen molar-refractivity contribution in [3.63, 3.8) is 0 Å². The van der Waals surface area contributed by atoms with Gasteiger partial charge in [0.05, 0.1) is 13.2 Å². The van der Waals surface area contributed by atoms with Gasteiger partial charge in [0, 0.05) is 11.1 Å². The average molecular weight is 381 g/mol. The van der Waals surface area contributed by atoms with Crippen LogP contribution < -0.4 is 26.2 Å². The standard InChI is InChI=1S/C18H28N4O3S/c1-5-6-11-25-14-9-7-13(8-10-14)16(24)19-12-15(23)21-22-17(26)20-18(2,3)4/h7-10H,5-6,11-12H2,1-4H3,(H,19,24)(H,21,23)(H2,20,22,26). The first-order valence-corrected chi connectivity index (χ1v) is 9.00. The molecule has 1 aromatic carbocycles. The van der Waals surface area contributed by atoms with E-state index in [1.54, 1.807) is 24.3 Å². The van der Waals surface area contributed by atoms with Gasteiger partial charge in [0.2, 0.25) is 0 Å². The van der Waals surface area contributed by atoms with Crippen LogP contribution in [0.2, 0.25) is 0 Å². The number of hydrogen-bond acceptors (Lipinski definition) is 4. The number of hydrazine groups is 1. The molecule has 0 aliphatic heterocycles. The summed E-state index contributed by atoms with van der Waals surface area (Å²) in [6, 6.07) is 6.80. The summed E-state index contributed by atoms with van der Waals surface area (Å²) in [7, 11) is 0. The zero-order chi connectivity index (χ0) is 19.6. The van der Waals surface area contributed by atoms with Gasteiger partial charge in [0.1, 0.15) is 5.75 Å². The fourth-order valence-electron chi connectivity index (χ4n) is 1.84. The summed E-state index contributed by atoms with van der Waals surface area (Å²) in [4.78, 5) is 23.8. The maximum atomic E-state index is 12.1. The fourth-order valence-corrected chi connectivity index (χ4v) is 2.20. The fraction of sp³-hybridized carbons (Fsp3) is 0.500. The summed E-state index contributed by atoms with van der Waals surface area (Å²) in [6.07, 6.45) is 2.05. The lowest BCUT2D eigenvalue weighted by Crippen LogP contribution is -2.53.